The number of nitrogens with one attached hydrogen (secondary N) is 1. The van der Waals surface area contributed by atoms with Crippen LogP contribution in [0.4, 0.5) is 0 Å². The summed E-state index contributed by atoms with van der Waals surface area (Å²) in [5, 5.41) is 5.98. The lowest BCUT2D eigenvalue weighted by molar-refractivity contribution is 0.116. The smallest absolute Gasteiger partial charge is 0.221 e. The Bertz CT molecular complexity index is 617. The minimum absolute atomic E-state index is 0.376. The topological polar surface area (TPSA) is 34.1 Å². The Labute approximate surface area is 119 Å². The molecule has 1 aromatic carbocycles. The fourth-order valence-electron chi connectivity index (χ4n) is 2.65. The van der Waals surface area contributed by atoms with E-state index in [-0.39, 0.29) is 0 Å². The lowest BCUT2D eigenvalue weighted by atomic mass is 9.96. The Morgan fingerprint density at radius 3 is 2.60 bits per heavy atom. The Hall–Kier alpha value is -1.61. The van der Waals surface area contributed by atoms with Crippen LogP contribution >= 0.6 is 0 Å². The maximum absolute atomic E-state index is 6.02. The minimum Gasteiger partial charge on any atom is -0.474 e. The van der Waals surface area contributed by atoms with Crippen molar-refractivity contribution >= 4 is 10.8 Å². The van der Waals surface area contributed by atoms with Gasteiger partial charge in [0.2, 0.25) is 5.88 Å². The lowest BCUT2D eigenvalue weighted by Gasteiger charge is -2.26. The molecule has 1 aromatic heterocycles. The third-order valence-corrected chi connectivity index (χ3v) is 4.33. The molecule has 3 nitrogen and oxygen atoms in total. The van der Waals surface area contributed by atoms with Gasteiger partial charge in [-0.1, -0.05) is 18.2 Å². The normalized spacial score (nSPS) is 19.0. The second-order valence-corrected chi connectivity index (χ2v) is 5.96. The molecule has 0 spiro atoms. The molecule has 0 aliphatic heterocycles. The molecule has 0 bridgehead atoms. The summed E-state index contributed by atoms with van der Waals surface area (Å²) in [4.78, 5) is 4.56. The van der Waals surface area contributed by atoms with Crippen molar-refractivity contribution in [2.24, 2.45) is 0 Å². The second kappa shape index (κ2) is 5.06. The molecular formula is C17H20N2O. The first-order chi connectivity index (χ1) is 9.90. The molecule has 0 atom stereocenters. The average Bonchev–Trinajstić information content (AvgIpc) is 3.25. The summed E-state index contributed by atoms with van der Waals surface area (Å²) < 4.78 is 6.02. The highest BCUT2D eigenvalue weighted by molar-refractivity contribution is 5.89. The summed E-state index contributed by atoms with van der Waals surface area (Å²) in [5.41, 5.74) is 1.27. The van der Waals surface area contributed by atoms with Gasteiger partial charge in [-0.05, 0) is 49.1 Å². The van der Waals surface area contributed by atoms with Crippen LogP contribution < -0.4 is 10.1 Å². The van der Waals surface area contributed by atoms with Gasteiger partial charge in [-0.15, -0.1) is 0 Å². The molecule has 0 saturated heterocycles. The van der Waals surface area contributed by atoms with E-state index in [4.69, 9.17) is 4.74 Å². The molecule has 1 N–H and O–H groups in total. The average molecular weight is 268 g/mol. The zero-order valence-corrected chi connectivity index (χ0v) is 11.6. The van der Waals surface area contributed by atoms with E-state index in [9.17, 15) is 0 Å². The molecular weight excluding hydrogens is 248 g/mol. The Kier molecular flexibility index (Phi) is 3.07. The molecule has 2 aliphatic carbocycles. The molecule has 0 unspecified atom stereocenters. The lowest BCUT2D eigenvalue weighted by Crippen LogP contribution is -2.25. The number of aromatic nitrogens is 1. The number of fused-ring (bicyclic) bond motifs is 1. The summed E-state index contributed by atoms with van der Waals surface area (Å²) in [6.07, 6.45) is 8.60. The number of pyridine rings is 1. The molecule has 2 aliphatic rings. The predicted molar refractivity (Wildman–Crippen MR) is 79.9 cm³/mol. The van der Waals surface area contributed by atoms with Crippen LogP contribution in [0.1, 0.15) is 37.7 Å². The van der Waals surface area contributed by atoms with E-state index in [1.165, 1.54) is 43.1 Å². The van der Waals surface area contributed by atoms with E-state index in [1.54, 1.807) is 0 Å². The molecule has 1 heterocycles. The van der Waals surface area contributed by atoms with Crippen LogP contribution in [-0.4, -0.2) is 17.1 Å². The van der Waals surface area contributed by atoms with Gasteiger partial charge in [-0.3, -0.25) is 0 Å². The highest BCUT2D eigenvalue weighted by atomic mass is 16.5. The van der Waals surface area contributed by atoms with Crippen molar-refractivity contribution in [3.05, 3.63) is 36.0 Å². The number of rotatable bonds is 5. The standard InChI is InChI=1S/C17H20N2O/c1-2-7-16-15(6-1)12(10-18-13-8-9-13)11-19-17(16)20-14-4-3-5-14/h1-2,6-7,11,13-14,18H,3-5,8-10H2. The van der Waals surface area contributed by atoms with Crippen LogP contribution in [0.2, 0.25) is 0 Å². The molecule has 0 amide bonds. The molecule has 2 aromatic rings. The van der Waals surface area contributed by atoms with Gasteiger partial charge in [0.05, 0.1) is 0 Å². The van der Waals surface area contributed by atoms with Crippen molar-refractivity contribution in [1.82, 2.24) is 10.3 Å². The maximum Gasteiger partial charge on any atom is 0.221 e. The Balaban J connectivity index is 1.64. The zero-order valence-electron chi connectivity index (χ0n) is 11.6. The van der Waals surface area contributed by atoms with E-state index < -0.39 is 0 Å². The summed E-state index contributed by atoms with van der Waals surface area (Å²) in [7, 11) is 0. The van der Waals surface area contributed by atoms with Gasteiger partial charge in [0.25, 0.3) is 0 Å². The van der Waals surface area contributed by atoms with E-state index in [2.05, 4.69) is 34.6 Å². The molecule has 2 saturated carbocycles. The van der Waals surface area contributed by atoms with Gasteiger partial charge < -0.3 is 10.1 Å². The summed E-state index contributed by atoms with van der Waals surface area (Å²) in [6, 6.07) is 9.18. The largest absolute Gasteiger partial charge is 0.474 e. The van der Waals surface area contributed by atoms with Gasteiger partial charge in [-0.25, -0.2) is 4.98 Å². The van der Waals surface area contributed by atoms with Crippen molar-refractivity contribution in [3.8, 4) is 5.88 Å². The number of nitrogens with zero attached hydrogens (tertiary/aromatic N) is 1. The van der Waals surface area contributed by atoms with Crippen molar-refractivity contribution in [2.45, 2.75) is 50.8 Å². The number of hydrogen-bond donors (Lipinski definition) is 1. The summed E-state index contributed by atoms with van der Waals surface area (Å²) >= 11 is 0. The van der Waals surface area contributed by atoms with Gasteiger partial charge in [0, 0.05) is 24.2 Å². The van der Waals surface area contributed by atoms with Gasteiger partial charge in [0.15, 0.2) is 0 Å². The highest BCUT2D eigenvalue weighted by Crippen LogP contribution is 2.31. The fourth-order valence-corrected chi connectivity index (χ4v) is 2.65. The van der Waals surface area contributed by atoms with E-state index in [1.807, 2.05) is 6.20 Å². The Morgan fingerprint density at radius 2 is 1.90 bits per heavy atom. The highest BCUT2D eigenvalue weighted by Gasteiger charge is 2.22. The molecule has 2 fully saturated rings. The number of hydrogen-bond acceptors (Lipinski definition) is 3. The second-order valence-electron chi connectivity index (χ2n) is 5.96. The van der Waals surface area contributed by atoms with Crippen molar-refractivity contribution < 1.29 is 4.74 Å². The molecule has 104 valence electrons. The molecule has 0 radical (unpaired) electrons. The summed E-state index contributed by atoms with van der Waals surface area (Å²) in [5.74, 6) is 0.806. The molecule has 20 heavy (non-hydrogen) atoms. The van der Waals surface area contributed by atoms with Crippen molar-refractivity contribution in [3.63, 3.8) is 0 Å². The third kappa shape index (κ3) is 2.38. The van der Waals surface area contributed by atoms with Crippen LogP contribution in [0.5, 0.6) is 5.88 Å². The van der Waals surface area contributed by atoms with E-state index >= 15 is 0 Å². The first-order valence-corrected chi connectivity index (χ1v) is 7.67. The van der Waals surface area contributed by atoms with Gasteiger partial charge in [0.1, 0.15) is 6.10 Å². The third-order valence-electron chi connectivity index (χ3n) is 4.33. The van der Waals surface area contributed by atoms with Crippen LogP contribution in [0.25, 0.3) is 10.8 Å². The summed E-state index contributed by atoms with van der Waals surface area (Å²) in [6.45, 7) is 0.905. The fraction of sp³-hybridized carbons (Fsp3) is 0.471. The van der Waals surface area contributed by atoms with E-state index in [0.717, 1.165) is 23.9 Å². The zero-order chi connectivity index (χ0) is 13.4. The van der Waals surface area contributed by atoms with Crippen LogP contribution in [0.3, 0.4) is 0 Å². The maximum atomic E-state index is 6.02. The number of ether oxygens (including phenoxy) is 1. The van der Waals surface area contributed by atoms with Crippen molar-refractivity contribution in [1.29, 1.82) is 0 Å². The van der Waals surface area contributed by atoms with E-state index in [0.29, 0.717) is 6.10 Å². The molecule has 3 heteroatoms. The van der Waals surface area contributed by atoms with Gasteiger partial charge in [-0.2, -0.15) is 0 Å². The minimum atomic E-state index is 0.376. The first-order valence-electron chi connectivity index (χ1n) is 7.67. The monoisotopic (exact) mass is 268 g/mol. The quantitative estimate of drug-likeness (QED) is 0.902. The van der Waals surface area contributed by atoms with Gasteiger partial charge >= 0.3 is 0 Å². The van der Waals surface area contributed by atoms with Crippen LogP contribution in [-0.2, 0) is 6.54 Å². The first kappa shape index (κ1) is 12.2. The number of benzene rings is 1. The van der Waals surface area contributed by atoms with Crippen LogP contribution in [0.15, 0.2) is 30.5 Å². The molecule has 4 rings (SSSR count). The SMILES string of the molecule is c1ccc2c(OC3CCC3)ncc(CNC3CC3)c2c1. The van der Waals surface area contributed by atoms with Crippen LogP contribution in [0, 0.1) is 0 Å². The van der Waals surface area contributed by atoms with Crippen molar-refractivity contribution in [2.75, 3.05) is 0 Å². The predicted octanol–water partition coefficient (Wildman–Crippen LogP) is 3.42. The Morgan fingerprint density at radius 1 is 1.10 bits per heavy atom.